The van der Waals surface area contributed by atoms with Gasteiger partial charge in [0.05, 0.1) is 5.57 Å². The Bertz CT molecular complexity index is 1260. The molecule has 0 amide bonds. The van der Waals surface area contributed by atoms with Gasteiger partial charge in [0.2, 0.25) is 0 Å². The Balaban J connectivity index is 1.78. The number of benzene rings is 3. The molecule has 1 atom stereocenters. The predicted molar refractivity (Wildman–Crippen MR) is 120 cm³/mol. The van der Waals surface area contributed by atoms with Crippen LogP contribution in [0.25, 0.3) is 16.5 Å². The molecule has 5 nitrogen and oxygen atoms in total. The predicted octanol–water partition coefficient (Wildman–Crippen LogP) is 4.00. The molecule has 1 heterocycles. The average molecular weight is 408 g/mol. The number of nitrogens with two attached hydrogens (primary N) is 1. The fourth-order valence-electron chi connectivity index (χ4n) is 3.54. The summed E-state index contributed by atoms with van der Waals surface area (Å²) in [4.78, 5) is 29.9. The highest BCUT2D eigenvalue weighted by Crippen LogP contribution is 2.30. The zero-order chi connectivity index (χ0) is 21.7. The standard InChI is InChI=1S/C26H20N2O3/c27-26(17-19-9-3-1-4-10-19,22(18-29)20-11-5-2-6-12-20)25(30)31-23-15-7-13-21-14-8-16-28-24(21)23/h1-16H,17,27H2. The van der Waals surface area contributed by atoms with Crippen LogP contribution in [-0.2, 0) is 16.0 Å². The largest absolute Gasteiger partial charge is 0.423 e. The first-order chi connectivity index (χ1) is 15.1. The molecule has 4 rings (SSSR count). The average Bonchev–Trinajstić information content (AvgIpc) is 2.81. The van der Waals surface area contributed by atoms with Gasteiger partial charge in [-0.05, 0) is 23.3 Å². The fourth-order valence-corrected chi connectivity index (χ4v) is 3.54. The lowest BCUT2D eigenvalue weighted by Crippen LogP contribution is -2.53. The summed E-state index contributed by atoms with van der Waals surface area (Å²) in [7, 11) is 0. The maximum Gasteiger partial charge on any atom is 0.337 e. The van der Waals surface area contributed by atoms with E-state index in [0.717, 1.165) is 10.9 Å². The van der Waals surface area contributed by atoms with Gasteiger partial charge in [-0.25, -0.2) is 9.59 Å². The van der Waals surface area contributed by atoms with Crippen molar-refractivity contribution in [3.63, 3.8) is 0 Å². The van der Waals surface area contributed by atoms with Crippen molar-refractivity contribution in [3.8, 4) is 5.75 Å². The molecule has 5 heteroatoms. The number of hydrogen-bond donors (Lipinski definition) is 1. The highest BCUT2D eigenvalue weighted by Gasteiger charge is 2.42. The van der Waals surface area contributed by atoms with Crippen molar-refractivity contribution in [2.24, 2.45) is 5.73 Å². The van der Waals surface area contributed by atoms with Crippen molar-refractivity contribution in [2.45, 2.75) is 12.0 Å². The van der Waals surface area contributed by atoms with Gasteiger partial charge in [-0.15, -0.1) is 0 Å². The van der Waals surface area contributed by atoms with E-state index in [2.05, 4.69) is 4.98 Å². The Morgan fingerprint density at radius 3 is 2.29 bits per heavy atom. The Morgan fingerprint density at radius 2 is 1.58 bits per heavy atom. The number of para-hydroxylation sites is 1. The molecule has 3 aromatic carbocycles. The van der Waals surface area contributed by atoms with Crippen LogP contribution in [0.2, 0.25) is 0 Å². The fraction of sp³-hybridized carbons (Fsp3) is 0.0769. The highest BCUT2D eigenvalue weighted by molar-refractivity contribution is 6.07. The Labute approximate surface area is 179 Å². The summed E-state index contributed by atoms with van der Waals surface area (Å²) in [6.45, 7) is 0. The van der Waals surface area contributed by atoms with Crippen molar-refractivity contribution in [1.82, 2.24) is 4.98 Å². The van der Waals surface area contributed by atoms with Gasteiger partial charge in [0.15, 0.2) is 11.3 Å². The summed E-state index contributed by atoms with van der Waals surface area (Å²) >= 11 is 0. The zero-order valence-electron chi connectivity index (χ0n) is 16.7. The van der Waals surface area contributed by atoms with E-state index in [1.165, 1.54) is 0 Å². The van der Waals surface area contributed by atoms with Crippen molar-refractivity contribution < 1.29 is 14.3 Å². The topological polar surface area (TPSA) is 82.3 Å². The van der Waals surface area contributed by atoms with Crippen LogP contribution >= 0.6 is 0 Å². The summed E-state index contributed by atoms with van der Waals surface area (Å²) < 4.78 is 5.74. The molecular weight excluding hydrogens is 388 g/mol. The SMILES string of the molecule is NC(Cc1ccccc1)(C(=O)Oc1cccc2cccnc12)C(=C=O)c1ccccc1. The van der Waals surface area contributed by atoms with Gasteiger partial charge in [-0.3, -0.25) is 4.98 Å². The van der Waals surface area contributed by atoms with Crippen LogP contribution in [0.15, 0.2) is 97.2 Å². The second-order valence-electron chi connectivity index (χ2n) is 7.20. The number of aromatic nitrogens is 1. The lowest BCUT2D eigenvalue weighted by atomic mass is 9.81. The second kappa shape index (κ2) is 8.76. The van der Waals surface area contributed by atoms with E-state index in [4.69, 9.17) is 10.5 Å². The molecule has 2 N–H and O–H groups in total. The molecule has 1 unspecified atom stereocenters. The van der Waals surface area contributed by atoms with Gasteiger partial charge in [0.25, 0.3) is 0 Å². The van der Waals surface area contributed by atoms with Crippen molar-refractivity contribution in [2.75, 3.05) is 0 Å². The Morgan fingerprint density at radius 1 is 0.903 bits per heavy atom. The summed E-state index contributed by atoms with van der Waals surface area (Å²) in [5, 5.41) is 0.827. The number of hydrogen-bond acceptors (Lipinski definition) is 5. The number of pyridine rings is 1. The summed E-state index contributed by atoms with van der Waals surface area (Å²) in [6, 6.07) is 27.1. The molecule has 0 radical (unpaired) electrons. The number of esters is 1. The highest BCUT2D eigenvalue weighted by atomic mass is 16.5. The van der Waals surface area contributed by atoms with Crippen LogP contribution in [0.3, 0.4) is 0 Å². The molecule has 4 aromatic rings. The minimum Gasteiger partial charge on any atom is -0.423 e. The first-order valence-corrected chi connectivity index (χ1v) is 9.81. The lowest BCUT2D eigenvalue weighted by Gasteiger charge is -2.28. The monoisotopic (exact) mass is 408 g/mol. The lowest BCUT2D eigenvalue weighted by molar-refractivity contribution is -0.138. The minimum atomic E-state index is -1.75. The molecule has 0 bridgehead atoms. The molecular formula is C26H20N2O3. The molecule has 0 aliphatic heterocycles. The summed E-state index contributed by atoms with van der Waals surface area (Å²) in [5.74, 6) is 1.44. The van der Waals surface area contributed by atoms with E-state index in [1.807, 2.05) is 54.5 Å². The van der Waals surface area contributed by atoms with E-state index in [0.29, 0.717) is 11.1 Å². The van der Waals surface area contributed by atoms with Crippen molar-refractivity contribution in [3.05, 3.63) is 108 Å². The summed E-state index contributed by atoms with van der Waals surface area (Å²) in [5.41, 5.74) is 6.80. The Kier molecular flexibility index (Phi) is 5.72. The first kappa shape index (κ1) is 20.2. The smallest absolute Gasteiger partial charge is 0.337 e. The van der Waals surface area contributed by atoms with Crippen molar-refractivity contribution in [1.29, 1.82) is 0 Å². The number of rotatable bonds is 6. The quantitative estimate of drug-likeness (QED) is 0.296. The van der Waals surface area contributed by atoms with Crippen LogP contribution in [0.1, 0.15) is 11.1 Å². The molecule has 0 spiro atoms. The molecule has 31 heavy (non-hydrogen) atoms. The van der Waals surface area contributed by atoms with Gasteiger partial charge in [-0.2, -0.15) is 0 Å². The molecule has 152 valence electrons. The third-order valence-corrected chi connectivity index (χ3v) is 5.10. The van der Waals surface area contributed by atoms with Gasteiger partial charge in [-0.1, -0.05) is 78.9 Å². The number of carbonyl (C=O) groups excluding carboxylic acids is 2. The van der Waals surface area contributed by atoms with Crippen LogP contribution in [0.5, 0.6) is 5.75 Å². The van der Waals surface area contributed by atoms with Gasteiger partial charge >= 0.3 is 5.97 Å². The third kappa shape index (κ3) is 4.14. The molecule has 1 aromatic heterocycles. The summed E-state index contributed by atoms with van der Waals surface area (Å²) in [6.07, 6.45) is 1.70. The molecule has 0 aliphatic rings. The normalized spacial score (nSPS) is 12.5. The number of nitrogens with zero attached hydrogens (tertiary/aromatic N) is 1. The van der Waals surface area contributed by atoms with E-state index in [1.54, 1.807) is 48.7 Å². The minimum absolute atomic E-state index is 0.0372. The van der Waals surface area contributed by atoms with Gasteiger partial charge in [0, 0.05) is 18.0 Å². The zero-order valence-corrected chi connectivity index (χ0v) is 16.7. The van der Waals surface area contributed by atoms with Crippen molar-refractivity contribution >= 4 is 28.4 Å². The van der Waals surface area contributed by atoms with Crippen LogP contribution in [0, 0.1) is 0 Å². The second-order valence-corrected chi connectivity index (χ2v) is 7.20. The van der Waals surface area contributed by atoms with Gasteiger partial charge < -0.3 is 10.5 Å². The maximum atomic E-state index is 13.5. The number of ether oxygens (including phenoxy) is 1. The first-order valence-electron chi connectivity index (χ1n) is 9.81. The van der Waals surface area contributed by atoms with E-state index < -0.39 is 11.5 Å². The number of fused-ring (bicyclic) bond motifs is 1. The molecule has 0 aliphatic carbocycles. The maximum absolute atomic E-state index is 13.5. The molecule has 0 saturated carbocycles. The number of carbonyl (C=O) groups is 1. The van der Waals surface area contributed by atoms with E-state index >= 15 is 0 Å². The van der Waals surface area contributed by atoms with Crippen LogP contribution < -0.4 is 10.5 Å². The van der Waals surface area contributed by atoms with Crippen LogP contribution in [-0.4, -0.2) is 22.4 Å². The van der Waals surface area contributed by atoms with Gasteiger partial charge in [0.1, 0.15) is 11.5 Å². The molecule has 0 saturated heterocycles. The molecule has 0 fully saturated rings. The Hall–Kier alpha value is -4.05. The van der Waals surface area contributed by atoms with E-state index in [9.17, 15) is 9.59 Å². The van der Waals surface area contributed by atoms with E-state index in [-0.39, 0.29) is 17.7 Å². The third-order valence-electron chi connectivity index (χ3n) is 5.10. The van der Waals surface area contributed by atoms with Crippen LogP contribution in [0.4, 0.5) is 0 Å².